The average Bonchev–Trinajstić information content (AvgIpc) is 2.11. The molecule has 0 saturated carbocycles. The summed E-state index contributed by atoms with van der Waals surface area (Å²) in [4.78, 5) is 11.6. The fraction of sp³-hybridized carbons (Fsp3) is 0.300. The van der Waals surface area contributed by atoms with Gasteiger partial charge in [0.2, 0.25) is 0 Å². The smallest absolute Gasteiger partial charge is 0.259 e. The Morgan fingerprint density at radius 2 is 1.93 bits per heavy atom. The van der Waals surface area contributed by atoms with Gasteiger partial charge in [0.05, 0.1) is 19.3 Å². The highest BCUT2D eigenvalue weighted by molar-refractivity contribution is 5.99. The van der Waals surface area contributed by atoms with E-state index >= 15 is 0 Å². The number of nitrogens with one attached hydrogen (secondary N) is 1. The van der Waals surface area contributed by atoms with Crippen LogP contribution in [0, 0.1) is 0 Å². The van der Waals surface area contributed by atoms with Gasteiger partial charge in [-0.25, -0.2) is 0 Å². The van der Waals surface area contributed by atoms with E-state index in [4.69, 9.17) is 4.74 Å². The molecule has 5 heteroatoms. The summed E-state index contributed by atoms with van der Waals surface area (Å²) in [6, 6.07) is 4.14. The standard InChI is InChI=1S/C10H11NO4/c12-7-2-1-3-8(13)9(7)10(14)11-6-4-15-5-6/h1-3,6,12-13H,4-5H2,(H,11,14). The fourth-order valence-electron chi connectivity index (χ4n) is 1.34. The van der Waals surface area contributed by atoms with Gasteiger partial charge in [0.1, 0.15) is 17.1 Å². The molecule has 1 aliphatic heterocycles. The van der Waals surface area contributed by atoms with Crippen molar-refractivity contribution < 1.29 is 19.7 Å². The molecule has 1 amide bonds. The first kappa shape index (κ1) is 9.79. The van der Waals surface area contributed by atoms with E-state index in [1.165, 1.54) is 18.2 Å². The molecule has 3 N–H and O–H groups in total. The Labute approximate surface area is 86.3 Å². The number of phenols is 2. The lowest BCUT2D eigenvalue weighted by Crippen LogP contribution is -2.48. The topological polar surface area (TPSA) is 78.8 Å². The average molecular weight is 209 g/mol. The van der Waals surface area contributed by atoms with E-state index in [1.807, 2.05) is 0 Å². The summed E-state index contributed by atoms with van der Waals surface area (Å²) in [5.74, 6) is -0.945. The van der Waals surface area contributed by atoms with Crippen LogP contribution in [0.5, 0.6) is 11.5 Å². The van der Waals surface area contributed by atoms with Gasteiger partial charge in [-0.3, -0.25) is 4.79 Å². The van der Waals surface area contributed by atoms with Gasteiger partial charge in [-0.05, 0) is 12.1 Å². The molecular weight excluding hydrogens is 198 g/mol. The van der Waals surface area contributed by atoms with E-state index in [1.54, 1.807) is 0 Å². The van der Waals surface area contributed by atoms with Gasteiger partial charge >= 0.3 is 0 Å². The van der Waals surface area contributed by atoms with Crippen molar-refractivity contribution in [1.29, 1.82) is 0 Å². The van der Waals surface area contributed by atoms with Crippen molar-refractivity contribution in [3.05, 3.63) is 23.8 Å². The molecule has 1 aromatic carbocycles. The molecule has 1 heterocycles. The lowest BCUT2D eigenvalue weighted by atomic mass is 10.1. The summed E-state index contributed by atoms with van der Waals surface area (Å²) < 4.78 is 4.89. The summed E-state index contributed by atoms with van der Waals surface area (Å²) >= 11 is 0. The molecule has 1 aromatic rings. The zero-order valence-corrected chi connectivity index (χ0v) is 7.93. The number of aromatic hydroxyl groups is 2. The van der Waals surface area contributed by atoms with E-state index in [2.05, 4.69) is 5.32 Å². The van der Waals surface area contributed by atoms with Crippen LogP contribution in [0.25, 0.3) is 0 Å². The van der Waals surface area contributed by atoms with Crippen LogP contribution in [0.15, 0.2) is 18.2 Å². The fourth-order valence-corrected chi connectivity index (χ4v) is 1.34. The molecule has 0 bridgehead atoms. The SMILES string of the molecule is O=C(NC1COC1)c1c(O)cccc1O. The molecule has 0 atom stereocenters. The Bertz CT molecular complexity index is 367. The van der Waals surface area contributed by atoms with Gasteiger partial charge in [-0.15, -0.1) is 0 Å². The second-order valence-corrected chi connectivity index (χ2v) is 3.38. The monoisotopic (exact) mass is 209 g/mol. The Morgan fingerprint density at radius 3 is 2.40 bits per heavy atom. The third kappa shape index (κ3) is 1.87. The lowest BCUT2D eigenvalue weighted by Gasteiger charge is -2.26. The predicted molar refractivity (Wildman–Crippen MR) is 51.8 cm³/mol. The minimum absolute atomic E-state index is 0.0310. The molecule has 15 heavy (non-hydrogen) atoms. The van der Waals surface area contributed by atoms with Gasteiger partial charge in [0.15, 0.2) is 0 Å². The summed E-state index contributed by atoms with van der Waals surface area (Å²) in [5.41, 5.74) is -0.0931. The second kappa shape index (κ2) is 3.78. The van der Waals surface area contributed by atoms with E-state index in [-0.39, 0.29) is 23.1 Å². The van der Waals surface area contributed by atoms with Crippen LogP contribution < -0.4 is 5.32 Å². The zero-order chi connectivity index (χ0) is 10.8. The van der Waals surface area contributed by atoms with Gasteiger partial charge in [-0.2, -0.15) is 0 Å². The number of ether oxygens (including phenoxy) is 1. The summed E-state index contributed by atoms with van der Waals surface area (Å²) in [5, 5.41) is 21.5. The van der Waals surface area contributed by atoms with Crippen molar-refractivity contribution in [1.82, 2.24) is 5.32 Å². The third-order valence-corrected chi connectivity index (χ3v) is 2.22. The number of hydrogen-bond acceptors (Lipinski definition) is 4. The summed E-state index contributed by atoms with van der Waals surface area (Å²) in [6.07, 6.45) is 0. The number of carbonyl (C=O) groups is 1. The number of rotatable bonds is 2. The summed E-state index contributed by atoms with van der Waals surface area (Å²) in [7, 11) is 0. The molecular formula is C10H11NO4. The summed E-state index contributed by atoms with van der Waals surface area (Å²) in [6.45, 7) is 0.945. The van der Waals surface area contributed by atoms with E-state index in [0.717, 1.165) is 0 Å². The normalized spacial score (nSPS) is 15.7. The Kier molecular flexibility index (Phi) is 2.47. The van der Waals surface area contributed by atoms with Gasteiger partial charge < -0.3 is 20.3 Å². The molecule has 0 unspecified atom stereocenters. The van der Waals surface area contributed by atoms with E-state index in [9.17, 15) is 15.0 Å². The predicted octanol–water partition coefficient (Wildman–Crippen LogP) is 0.226. The Hall–Kier alpha value is -1.75. The van der Waals surface area contributed by atoms with Gasteiger partial charge in [0.25, 0.3) is 5.91 Å². The van der Waals surface area contributed by atoms with Crippen molar-refractivity contribution >= 4 is 5.91 Å². The molecule has 0 radical (unpaired) electrons. The molecule has 1 aliphatic rings. The molecule has 5 nitrogen and oxygen atoms in total. The third-order valence-electron chi connectivity index (χ3n) is 2.22. The maximum atomic E-state index is 11.6. The molecule has 80 valence electrons. The zero-order valence-electron chi connectivity index (χ0n) is 7.93. The van der Waals surface area contributed by atoms with Crippen molar-refractivity contribution in [2.45, 2.75) is 6.04 Å². The maximum Gasteiger partial charge on any atom is 0.259 e. The van der Waals surface area contributed by atoms with Crippen LogP contribution in [0.3, 0.4) is 0 Å². The second-order valence-electron chi connectivity index (χ2n) is 3.38. The van der Waals surface area contributed by atoms with Crippen molar-refractivity contribution in [2.75, 3.05) is 13.2 Å². The number of hydrogen-bond donors (Lipinski definition) is 3. The van der Waals surface area contributed by atoms with E-state index in [0.29, 0.717) is 13.2 Å². The highest BCUT2D eigenvalue weighted by Gasteiger charge is 2.23. The van der Waals surface area contributed by atoms with Crippen LogP contribution >= 0.6 is 0 Å². The van der Waals surface area contributed by atoms with Crippen LogP contribution in [0.2, 0.25) is 0 Å². The van der Waals surface area contributed by atoms with Crippen LogP contribution in [-0.2, 0) is 4.74 Å². The van der Waals surface area contributed by atoms with Crippen LogP contribution in [-0.4, -0.2) is 35.4 Å². The highest BCUT2D eigenvalue weighted by atomic mass is 16.5. The maximum absolute atomic E-state index is 11.6. The van der Waals surface area contributed by atoms with Gasteiger partial charge in [-0.1, -0.05) is 6.07 Å². The highest BCUT2D eigenvalue weighted by Crippen LogP contribution is 2.26. The molecule has 1 saturated heterocycles. The molecule has 0 spiro atoms. The number of phenolic OH excluding ortho intramolecular Hbond substituents is 2. The quantitative estimate of drug-likeness (QED) is 0.651. The number of carbonyl (C=O) groups excluding carboxylic acids is 1. The number of amides is 1. The first-order valence-electron chi connectivity index (χ1n) is 4.58. The number of benzene rings is 1. The molecule has 1 fully saturated rings. The van der Waals surface area contributed by atoms with Crippen LogP contribution in [0.4, 0.5) is 0 Å². The first-order valence-corrected chi connectivity index (χ1v) is 4.58. The minimum Gasteiger partial charge on any atom is -0.507 e. The minimum atomic E-state index is -0.487. The van der Waals surface area contributed by atoms with Gasteiger partial charge in [0, 0.05) is 0 Å². The Morgan fingerprint density at radius 1 is 1.33 bits per heavy atom. The van der Waals surface area contributed by atoms with Crippen molar-refractivity contribution in [3.63, 3.8) is 0 Å². The molecule has 0 aromatic heterocycles. The van der Waals surface area contributed by atoms with Crippen molar-refractivity contribution in [2.24, 2.45) is 0 Å². The van der Waals surface area contributed by atoms with Crippen LogP contribution in [0.1, 0.15) is 10.4 Å². The Balaban J connectivity index is 2.16. The van der Waals surface area contributed by atoms with Crippen molar-refractivity contribution in [3.8, 4) is 11.5 Å². The lowest BCUT2D eigenvalue weighted by molar-refractivity contribution is -0.00354. The first-order chi connectivity index (χ1) is 7.18. The molecule has 0 aliphatic carbocycles. The molecule has 2 rings (SSSR count). The van der Waals surface area contributed by atoms with E-state index < -0.39 is 5.91 Å². The largest absolute Gasteiger partial charge is 0.507 e.